The van der Waals surface area contributed by atoms with Gasteiger partial charge >= 0.3 is 5.97 Å². The highest BCUT2D eigenvalue weighted by Gasteiger charge is 2.26. The van der Waals surface area contributed by atoms with E-state index < -0.39 is 5.97 Å². The number of rotatable bonds is 4. The maximum absolute atomic E-state index is 10.8. The van der Waals surface area contributed by atoms with Crippen LogP contribution in [0.15, 0.2) is 18.2 Å². The first-order valence-electron chi connectivity index (χ1n) is 7.20. The average Bonchev–Trinajstić information content (AvgIpc) is 2.32. The van der Waals surface area contributed by atoms with E-state index in [4.69, 9.17) is 10.8 Å². The molecule has 0 aliphatic carbocycles. The molecule has 1 saturated heterocycles. The number of nitrogens with two attached hydrogens (primary N) is 1. The second kappa shape index (κ2) is 6.37. The van der Waals surface area contributed by atoms with Crippen LogP contribution in [0.3, 0.4) is 0 Å². The monoisotopic (exact) mass is 276 g/mol. The molecule has 2 unspecified atom stereocenters. The zero-order valence-corrected chi connectivity index (χ0v) is 12.3. The van der Waals surface area contributed by atoms with Crippen molar-refractivity contribution in [2.24, 2.45) is 11.7 Å². The van der Waals surface area contributed by atoms with E-state index in [1.807, 2.05) is 4.90 Å². The zero-order chi connectivity index (χ0) is 14.7. The number of benzene rings is 1. The Bertz CT molecular complexity index is 487. The first-order chi connectivity index (χ1) is 9.44. The van der Waals surface area contributed by atoms with Crippen LogP contribution in [0.5, 0.6) is 0 Å². The smallest absolute Gasteiger partial charge is 0.317 e. The van der Waals surface area contributed by atoms with Gasteiger partial charge in [0.2, 0.25) is 0 Å². The van der Waals surface area contributed by atoms with Gasteiger partial charge in [-0.2, -0.15) is 0 Å². The quantitative estimate of drug-likeness (QED) is 0.876. The van der Waals surface area contributed by atoms with Gasteiger partial charge in [-0.1, -0.05) is 18.2 Å². The summed E-state index contributed by atoms with van der Waals surface area (Å²) in [5.74, 6) is -0.329. The van der Waals surface area contributed by atoms with Crippen molar-refractivity contribution in [3.8, 4) is 0 Å². The van der Waals surface area contributed by atoms with Crippen molar-refractivity contribution in [2.45, 2.75) is 32.7 Å². The van der Waals surface area contributed by atoms with Gasteiger partial charge in [-0.3, -0.25) is 9.69 Å². The summed E-state index contributed by atoms with van der Waals surface area (Å²) in [4.78, 5) is 12.8. The molecule has 1 aromatic carbocycles. The highest BCUT2D eigenvalue weighted by Crippen LogP contribution is 2.21. The number of hydrogen-bond donors (Lipinski definition) is 2. The first kappa shape index (κ1) is 15.0. The van der Waals surface area contributed by atoms with E-state index in [1.165, 1.54) is 16.7 Å². The fourth-order valence-corrected chi connectivity index (χ4v) is 3.08. The molecule has 110 valence electrons. The summed E-state index contributed by atoms with van der Waals surface area (Å²) in [6, 6.07) is 6.64. The summed E-state index contributed by atoms with van der Waals surface area (Å²) >= 11 is 0. The van der Waals surface area contributed by atoms with E-state index in [0.717, 1.165) is 19.4 Å². The Morgan fingerprint density at radius 3 is 2.75 bits per heavy atom. The van der Waals surface area contributed by atoms with E-state index in [2.05, 4.69) is 32.0 Å². The van der Waals surface area contributed by atoms with Gasteiger partial charge in [0, 0.05) is 19.1 Å². The van der Waals surface area contributed by atoms with E-state index in [0.29, 0.717) is 12.5 Å². The molecule has 4 heteroatoms. The summed E-state index contributed by atoms with van der Waals surface area (Å²) in [5, 5.41) is 8.91. The summed E-state index contributed by atoms with van der Waals surface area (Å²) in [6.45, 7) is 5.85. The largest absolute Gasteiger partial charge is 0.480 e. The molecule has 2 rings (SSSR count). The Morgan fingerprint density at radius 1 is 1.35 bits per heavy atom. The number of likely N-dealkylation sites (tertiary alicyclic amines) is 1. The first-order valence-corrected chi connectivity index (χ1v) is 7.20. The number of carboxylic acid groups (broad SMARTS) is 1. The van der Waals surface area contributed by atoms with Gasteiger partial charge in [-0.25, -0.2) is 0 Å². The molecule has 0 radical (unpaired) electrons. The SMILES string of the molecule is Cc1ccc(CC2CC(N)CN(CC(=O)O)C2)cc1C. The molecule has 1 aliphatic rings. The minimum absolute atomic E-state index is 0.0830. The highest BCUT2D eigenvalue weighted by atomic mass is 16.4. The molecule has 1 fully saturated rings. The van der Waals surface area contributed by atoms with Gasteiger partial charge in [0.1, 0.15) is 0 Å². The summed E-state index contributed by atoms with van der Waals surface area (Å²) in [6.07, 6.45) is 1.95. The fraction of sp³-hybridized carbons (Fsp3) is 0.562. The lowest BCUT2D eigenvalue weighted by atomic mass is 9.88. The molecule has 1 heterocycles. The lowest BCUT2D eigenvalue weighted by Crippen LogP contribution is -2.49. The Hall–Kier alpha value is -1.39. The molecule has 4 nitrogen and oxygen atoms in total. The molecule has 3 N–H and O–H groups in total. The second-order valence-electron chi connectivity index (χ2n) is 6.07. The van der Waals surface area contributed by atoms with Crippen LogP contribution in [0.2, 0.25) is 0 Å². The molecule has 0 amide bonds. The predicted molar refractivity (Wildman–Crippen MR) is 79.8 cm³/mol. The van der Waals surface area contributed by atoms with Gasteiger partial charge in [0.15, 0.2) is 0 Å². The Balaban J connectivity index is 2.00. The molecule has 0 saturated carbocycles. The number of aryl methyl sites for hydroxylation is 2. The number of carbonyl (C=O) groups is 1. The molecule has 0 spiro atoms. The van der Waals surface area contributed by atoms with E-state index in [1.54, 1.807) is 0 Å². The van der Waals surface area contributed by atoms with Crippen LogP contribution in [0, 0.1) is 19.8 Å². The van der Waals surface area contributed by atoms with E-state index >= 15 is 0 Å². The number of nitrogens with zero attached hydrogens (tertiary/aromatic N) is 1. The van der Waals surface area contributed by atoms with Crippen LogP contribution in [-0.4, -0.2) is 41.7 Å². The Morgan fingerprint density at radius 2 is 2.10 bits per heavy atom. The third kappa shape index (κ3) is 4.05. The van der Waals surface area contributed by atoms with Crippen LogP contribution >= 0.6 is 0 Å². The van der Waals surface area contributed by atoms with Gasteiger partial charge < -0.3 is 10.8 Å². The van der Waals surface area contributed by atoms with Crippen molar-refractivity contribution < 1.29 is 9.90 Å². The molecular weight excluding hydrogens is 252 g/mol. The van der Waals surface area contributed by atoms with Crippen LogP contribution in [-0.2, 0) is 11.2 Å². The van der Waals surface area contributed by atoms with E-state index in [9.17, 15) is 4.79 Å². The van der Waals surface area contributed by atoms with Gasteiger partial charge in [-0.15, -0.1) is 0 Å². The molecule has 2 atom stereocenters. The summed E-state index contributed by atoms with van der Waals surface area (Å²) < 4.78 is 0. The van der Waals surface area contributed by atoms with Crippen molar-refractivity contribution >= 4 is 5.97 Å². The van der Waals surface area contributed by atoms with Gasteiger partial charge in [0.25, 0.3) is 0 Å². The normalized spacial score (nSPS) is 23.8. The number of hydrogen-bond acceptors (Lipinski definition) is 3. The highest BCUT2D eigenvalue weighted by molar-refractivity contribution is 5.69. The summed E-state index contributed by atoms with van der Waals surface area (Å²) in [5.41, 5.74) is 10.0. The second-order valence-corrected chi connectivity index (χ2v) is 6.07. The van der Waals surface area contributed by atoms with Crippen LogP contribution < -0.4 is 5.73 Å². The molecule has 1 aliphatic heterocycles. The maximum atomic E-state index is 10.8. The van der Waals surface area contributed by atoms with Gasteiger partial charge in [-0.05, 0) is 49.3 Å². The molecule has 1 aromatic rings. The van der Waals surface area contributed by atoms with Crippen LogP contribution in [0.1, 0.15) is 23.1 Å². The van der Waals surface area contributed by atoms with Crippen LogP contribution in [0.4, 0.5) is 0 Å². The fourth-order valence-electron chi connectivity index (χ4n) is 3.08. The Kier molecular flexibility index (Phi) is 4.78. The third-order valence-corrected chi connectivity index (χ3v) is 4.10. The average molecular weight is 276 g/mol. The van der Waals surface area contributed by atoms with Crippen molar-refractivity contribution in [1.29, 1.82) is 0 Å². The Labute approximate surface area is 120 Å². The lowest BCUT2D eigenvalue weighted by Gasteiger charge is -2.35. The van der Waals surface area contributed by atoms with Crippen molar-refractivity contribution in [3.05, 3.63) is 34.9 Å². The molecule has 20 heavy (non-hydrogen) atoms. The van der Waals surface area contributed by atoms with Crippen molar-refractivity contribution in [2.75, 3.05) is 19.6 Å². The summed E-state index contributed by atoms with van der Waals surface area (Å²) in [7, 11) is 0. The standard InChI is InChI=1S/C16H24N2O2/c1-11-3-4-13(5-12(11)2)6-14-7-15(17)9-18(8-14)10-16(19)20/h3-5,14-15H,6-10,17H2,1-2H3,(H,19,20). The third-order valence-electron chi connectivity index (χ3n) is 4.10. The van der Waals surface area contributed by atoms with E-state index in [-0.39, 0.29) is 12.6 Å². The molecule has 0 bridgehead atoms. The lowest BCUT2D eigenvalue weighted by molar-refractivity contribution is -0.138. The number of carboxylic acids is 1. The van der Waals surface area contributed by atoms with Crippen LogP contribution in [0.25, 0.3) is 0 Å². The predicted octanol–water partition coefficient (Wildman–Crippen LogP) is 1.58. The van der Waals surface area contributed by atoms with Gasteiger partial charge in [0.05, 0.1) is 6.54 Å². The number of piperidine rings is 1. The topological polar surface area (TPSA) is 66.6 Å². The molecular formula is C16H24N2O2. The number of aliphatic carboxylic acids is 1. The minimum atomic E-state index is -0.774. The maximum Gasteiger partial charge on any atom is 0.317 e. The van der Waals surface area contributed by atoms with Crippen molar-refractivity contribution in [3.63, 3.8) is 0 Å². The minimum Gasteiger partial charge on any atom is -0.480 e. The zero-order valence-electron chi connectivity index (χ0n) is 12.3. The van der Waals surface area contributed by atoms with Crippen molar-refractivity contribution in [1.82, 2.24) is 4.90 Å². The molecule has 0 aromatic heterocycles.